The van der Waals surface area contributed by atoms with E-state index in [9.17, 15) is 0 Å². The van der Waals surface area contributed by atoms with Gasteiger partial charge in [-0.2, -0.15) is 0 Å². The van der Waals surface area contributed by atoms with Gasteiger partial charge < -0.3 is 10.3 Å². The lowest BCUT2D eigenvalue weighted by atomic mass is 10.1. The molecule has 0 saturated heterocycles. The summed E-state index contributed by atoms with van der Waals surface area (Å²) in [7, 11) is 0. The molecule has 3 rings (SSSR count). The lowest BCUT2D eigenvalue weighted by molar-refractivity contribution is 0.427. The van der Waals surface area contributed by atoms with Gasteiger partial charge in [0.1, 0.15) is 11.4 Å². The summed E-state index contributed by atoms with van der Waals surface area (Å²) in [4.78, 5) is 1.32. The summed E-state index contributed by atoms with van der Waals surface area (Å²) in [6, 6.07) is 8.42. The highest BCUT2D eigenvalue weighted by Crippen LogP contribution is 2.36. The van der Waals surface area contributed by atoms with Crippen molar-refractivity contribution in [1.82, 2.24) is 5.16 Å². The second-order valence-electron chi connectivity index (χ2n) is 5.06. The van der Waals surface area contributed by atoms with Gasteiger partial charge in [-0.1, -0.05) is 18.0 Å². The maximum Gasteiger partial charge on any atom is 0.189 e. The van der Waals surface area contributed by atoms with Crippen LogP contribution in [0.4, 0.5) is 5.69 Å². The summed E-state index contributed by atoms with van der Waals surface area (Å²) in [6.45, 7) is 1.85. The number of nitrogens with zero attached hydrogens (tertiary/aromatic N) is 1. The van der Waals surface area contributed by atoms with E-state index in [0.717, 1.165) is 16.5 Å². The Bertz CT molecular complexity index is 556. The van der Waals surface area contributed by atoms with Crippen LogP contribution >= 0.6 is 11.8 Å². The molecule has 0 radical (unpaired) electrons. The monoisotopic (exact) mass is 274 g/mol. The van der Waals surface area contributed by atoms with E-state index in [0.29, 0.717) is 11.4 Å². The minimum Gasteiger partial charge on any atom is -0.394 e. The van der Waals surface area contributed by atoms with Crippen molar-refractivity contribution in [2.75, 3.05) is 5.73 Å². The van der Waals surface area contributed by atoms with Crippen LogP contribution in [0, 0.1) is 6.92 Å². The number of rotatable bonds is 3. The highest BCUT2D eigenvalue weighted by Gasteiger charge is 2.16. The molecule has 0 atom stereocenters. The van der Waals surface area contributed by atoms with Crippen molar-refractivity contribution < 1.29 is 4.52 Å². The molecule has 0 bridgehead atoms. The first-order valence-corrected chi connectivity index (χ1v) is 7.61. The predicted octanol–water partition coefficient (Wildman–Crippen LogP) is 4.27. The summed E-state index contributed by atoms with van der Waals surface area (Å²) in [5.41, 5.74) is 8.32. The second-order valence-corrected chi connectivity index (χ2v) is 6.43. The van der Waals surface area contributed by atoms with E-state index in [-0.39, 0.29) is 0 Å². The van der Waals surface area contributed by atoms with E-state index < -0.39 is 0 Å². The third-order valence-electron chi connectivity index (χ3n) is 3.63. The predicted molar refractivity (Wildman–Crippen MR) is 79.2 cm³/mol. The van der Waals surface area contributed by atoms with Crippen LogP contribution in [0.1, 0.15) is 31.4 Å². The van der Waals surface area contributed by atoms with Crippen molar-refractivity contribution in [3.8, 4) is 11.3 Å². The van der Waals surface area contributed by atoms with Crippen LogP contribution in [-0.2, 0) is 0 Å². The Kier molecular flexibility index (Phi) is 3.51. The number of aryl methyl sites for hydroxylation is 1. The molecule has 2 N–H and O–H groups in total. The summed E-state index contributed by atoms with van der Waals surface area (Å²) in [5, 5.41) is 4.69. The van der Waals surface area contributed by atoms with Crippen molar-refractivity contribution in [2.24, 2.45) is 0 Å². The molecule has 4 heteroatoms. The Morgan fingerprint density at radius 3 is 2.47 bits per heavy atom. The van der Waals surface area contributed by atoms with Crippen molar-refractivity contribution in [1.29, 1.82) is 0 Å². The number of thioether (sulfide) groups is 1. The fraction of sp³-hybridized carbons (Fsp3) is 0.400. The van der Waals surface area contributed by atoms with E-state index in [1.165, 1.54) is 30.6 Å². The molecule has 0 unspecified atom stereocenters. The molecule has 0 spiro atoms. The van der Waals surface area contributed by atoms with Gasteiger partial charge in [-0.15, -0.1) is 11.8 Å². The number of nitrogen functional groups attached to an aromatic ring is 1. The van der Waals surface area contributed by atoms with Gasteiger partial charge in [0, 0.05) is 15.7 Å². The normalized spacial score (nSPS) is 16.1. The zero-order chi connectivity index (χ0) is 13.2. The van der Waals surface area contributed by atoms with Gasteiger partial charge in [0.25, 0.3) is 0 Å². The molecule has 19 heavy (non-hydrogen) atoms. The Balaban J connectivity index is 1.76. The third-order valence-corrected chi connectivity index (χ3v) is 4.98. The Morgan fingerprint density at radius 1 is 1.21 bits per heavy atom. The van der Waals surface area contributed by atoms with Crippen LogP contribution in [0.15, 0.2) is 33.7 Å². The standard InChI is InChI=1S/C15H18N2OS/c1-10-14(16)15(18-17-10)11-6-8-13(9-7-11)19-12-4-2-3-5-12/h6-9,12H,2-5,16H2,1H3. The minimum atomic E-state index is 0.635. The topological polar surface area (TPSA) is 52.0 Å². The number of hydrogen-bond acceptors (Lipinski definition) is 4. The minimum absolute atomic E-state index is 0.635. The molecule has 1 aromatic heterocycles. The number of nitrogens with two attached hydrogens (primary N) is 1. The quantitative estimate of drug-likeness (QED) is 0.908. The average Bonchev–Trinajstić information content (AvgIpc) is 3.03. The molecule has 0 aliphatic heterocycles. The zero-order valence-electron chi connectivity index (χ0n) is 11.1. The average molecular weight is 274 g/mol. The molecule has 1 aliphatic rings. The first kappa shape index (κ1) is 12.6. The lowest BCUT2D eigenvalue weighted by Gasteiger charge is -2.08. The van der Waals surface area contributed by atoms with Crippen LogP contribution < -0.4 is 5.73 Å². The maximum absolute atomic E-state index is 5.94. The van der Waals surface area contributed by atoms with Gasteiger partial charge in [-0.25, -0.2) is 0 Å². The Labute approximate surface area is 117 Å². The van der Waals surface area contributed by atoms with Crippen LogP contribution in [0.3, 0.4) is 0 Å². The van der Waals surface area contributed by atoms with Crippen molar-refractivity contribution in [3.05, 3.63) is 30.0 Å². The van der Waals surface area contributed by atoms with Crippen LogP contribution in [0.5, 0.6) is 0 Å². The third kappa shape index (κ3) is 2.63. The lowest BCUT2D eigenvalue weighted by Crippen LogP contribution is -1.93. The molecule has 1 aromatic carbocycles. The smallest absolute Gasteiger partial charge is 0.189 e. The SMILES string of the molecule is Cc1noc(-c2ccc(SC3CCCC3)cc2)c1N. The summed E-state index contributed by atoms with van der Waals surface area (Å²) in [6.07, 6.45) is 5.45. The summed E-state index contributed by atoms with van der Waals surface area (Å²) >= 11 is 1.99. The van der Waals surface area contributed by atoms with E-state index in [2.05, 4.69) is 29.4 Å². The van der Waals surface area contributed by atoms with Crippen LogP contribution in [0.25, 0.3) is 11.3 Å². The van der Waals surface area contributed by atoms with Gasteiger partial charge >= 0.3 is 0 Å². The van der Waals surface area contributed by atoms with Gasteiger partial charge in [-0.3, -0.25) is 0 Å². The first-order valence-electron chi connectivity index (χ1n) is 6.73. The molecule has 1 aliphatic carbocycles. The highest BCUT2D eigenvalue weighted by molar-refractivity contribution is 8.00. The molecular formula is C15H18N2OS. The van der Waals surface area contributed by atoms with Crippen LogP contribution in [0.2, 0.25) is 0 Å². The Hall–Kier alpha value is -1.42. The summed E-state index contributed by atoms with van der Waals surface area (Å²) < 4.78 is 5.27. The fourth-order valence-electron chi connectivity index (χ4n) is 2.47. The van der Waals surface area contributed by atoms with Crippen molar-refractivity contribution in [2.45, 2.75) is 42.8 Å². The molecule has 2 aromatic rings. The molecule has 1 fully saturated rings. The fourth-order valence-corrected chi connectivity index (χ4v) is 3.72. The van der Waals surface area contributed by atoms with E-state index >= 15 is 0 Å². The Morgan fingerprint density at radius 2 is 1.89 bits per heavy atom. The van der Waals surface area contributed by atoms with Crippen LogP contribution in [-0.4, -0.2) is 10.4 Å². The van der Waals surface area contributed by atoms with Crippen molar-refractivity contribution >= 4 is 17.4 Å². The number of anilines is 1. The van der Waals surface area contributed by atoms with E-state index in [1.54, 1.807) is 0 Å². The number of aromatic nitrogens is 1. The second kappa shape index (κ2) is 5.29. The molecule has 100 valence electrons. The van der Waals surface area contributed by atoms with E-state index in [4.69, 9.17) is 10.3 Å². The van der Waals surface area contributed by atoms with Gasteiger partial charge in [0.15, 0.2) is 5.76 Å². The maximum atomic E-state index is 5.94. The molecular weight excluding hydrogens is 256 g/mol. The van der Waals surface area contributed by atoms with Crippen molar-refractivity contribution in [3.63, 3.8) is 0 Å². The van der Waals surface area contributed by atoms with Gasteiger partial charge in [-0.05, 0) is 44.0 Å². The zero-order valence-corrected chi connectivity index (χ0v) is 11.9. The molecule has 0 amide bonds. The summed E-state index contributed by atoms with van der Waals surface area (Å²) in [5.74, 6) is 0.676. The number of benzene rings is 1. The van der Waals surface area contributed by atoms with Gasteiger partial charge in [0.2, 0.25) is 0 Å². The molecule has 1 saturated carbocycles. The molecule has 3 nitrogen and oxygen atoms in total. The number of hydrogen-bond donors (Lipinski definition) is 1. The van der Waals surface area contributed by atoms with Gasteiger partial charge in [0.05, 0.1) is 0 Å². The largest absolute Gasteiger partial charge is 0.394 e. The first-order chi connectivity index (χ1) is 9.24. The highest BCUT2D eigenvalue weighted by atomic mass is 32.2. The molecule has 1 heterocycles. The van der Waals surface area contributed by atoms with E-state index in [1.807, 2.05) is 18.7 Å².